The maximum Gasteiger partial charge on any atom is 0.160 e. The van der Waals surface area contributed by atoms with Crippen molar-refractivity contribution in [2.45, 2.75) is 108 Å². The van der Waals surface area contributed by atoms with Crippen molar-refractivity contribution >= 4 is 17.3 Å². The third kappa shape index (κ3) is 9.60. The molecule has 0 saturated carbocycles. The molecule has 1 rings (SSSR count). The maximum atomic E-state index is 9.84. The zero-order chi connectivity index (χ0) is 19.2. The summed E-state index contributed by atoms with van der Waals surface area (Å²) in [4.78, 5) is 0. The molecule has 26 heavy (non-hydrogen) atoms. The van der Waals surface area contributed by atoms with Crippen LogP contribution in [0.2, 0.25) is 0 Å². The first kappa shape index (κ1) is 23.8. The lowest BCUT2D eigenvalue weighted by Crippen LogP contribution is -2.42. The highest BCUT2D eigenvalue weighted by Gasteiger charge is 2.41. The van der Waals surface area contributed by atoms with Crippen LogP contribution in [0.4, 0.5) is 0 Å². The number of hydrogen-bond donors (Lipinski definition) is 3. The molecule has 0 radical (unpaired) electrons. The van der Waals surface area contributed by atoms with Crippen molar-refractivity contribution in [1.82, 2.24) is 0 Å². The molecule has 0 aromatic rings. The first-order valence-corrected chi connectivity index (χ1v) is 10.8. The number of ether oxygens (including phenoxy) is 2. The first-order valence-electron chi connectivity index (χ1n) is 10.4. The summed E-state index contributed by atoms with van der Waals surface area (Å²) < 4.78 is 10.9. The fraction of sp³-hybridized carbons (Fsp3) is 0.950. The molecule has 1 aliphatic heterocycles. The summed E-state index contributed by atoms with van der Waals surface area (Å²) in [5.74, 6) is 0. The van der Waals surface area contributed by atoms with Gasteiger partial charge in [-0.15, -0.1) is 0 Å². The minimum absolute atomic E-state index is 0.0526. The molecule has 0 bridgehead atoms. The van der Waals surface area contributed by atoms with Gasteiger partial charge in [-0.25, -0.2) is 0 Å². The number of unbranched alkanes of at least 4 members (excludes halogenated alkanes) is 10. The van der Waals surface area contributed by atoms with Crippen LogP contribution in [0.15, 0.2) is 0 Å². The molecule has 1 aliphatic rings. The van der Waals surface area contributed by atoms with Gasteiger partial charge in [0.2, 0.25) is 0 Å². The molecule has 0 aromatic carbocycles. The van der Waals surface area contributed by atoms with Crippen LogP contribution in [0.3, 0.4) is 0 Å². The molecule has 5 nitrogen and oxygen atoms in total. The van der Waals surface area contributed by atoms with Crippen molar-refractivity contribution in [3.63, 3.8) is 0 Å². The van der Waals surface area contributed by atoms with Gasteiger partial charge in [-0.1, -0.05) is 71.1 Å². The van der Waals surface area contributed by atoms with E-state index >= 15 is 0 Å². The Kier molecular flexibility index (Phi) is 13.5. The van der Waals surface area contributed by atoms with Crippen molar-refractivity contribution < 1.29 is 24.8 Å². The fourth-order valence-corrected chi connectivity index (χ4v) is 3.59. The standard InChI is InChI=1S/C20H38O5S/c1-2-3-4-5-6-7-8-9-10-11-12-13-18(26)25-17(14-21)20-19(23)16(22)15-24-20/h16-17,19-23H,2-15H2,1H3/t16-,17+,19+,20+/m0/s1. The van der Waals surface area contributed by atoms with Gasteiger partial charge in [0.05, 0.1) is 13.2 Å². The van der Waals surface area contributed by atoms with Crippen molar-refractivity contribution in [2.75, 3.05) is 13.2 Å². The van der Waals surface area contributed by atoms with E-state index in [0.717, 1.165) is 12.8 Å². The number of aliphatic hydroxyl groups is 3. The second kappa shape index (κ2) is 14.7. The van der Waals surface area contributed by atoms with E-state index in [9.17, 15) is 15.3 Å². The van der Waals surface area contributed by atoms with Gasteiger partial charge in [0.1, 0.15) is 18.3 Å². The minimum Gasteiger partial charge on any atom is -0.479 e. The van der Waals surface area contributed by atoms with Crippen molar-refractivity contribution in [2.24, 2.45) is 0 Å². The van der Waals surface area contributed by atoms with Gasteiger partial charge in [-0.2, -0.15) is 0 Å². The molecular weight excluding hydrogens is 352 g/mol. The van der Waals surface area contributed by atoms with Crippen LogP contribution in [0, 0.1) is 0 Å². The first-order chi connectivity index (χ1) is 12.6. The third-order valence-corrected chi connectivity index (χ3v) is 5.30. The largest absolute Gasteiger partial charge is 0.479 e. The average Bonchev–Trinajstić information content (AvgIpc) is 2.96. The topological polar surface area (TPSA) is 79.2 Å². The average molecular weight is 391 g/mol. The van der Waals surface area contributed by atoms with E-state index in [1.165, 1.54) is 57.8 Å². The monoisotopic (exact) mass is 390 g/mol. The molecule has 4 atom stereocenters. The Hall–Kier alpha value is -0.270. The molecule has 0 unspecified atom stereocenters. The Morgan fingerprint density at radius 1 is 1.00 bits per heavy atom. The minimum atomic E-state index is -1.04. The fourth-order valence-electron chi connectivity index (χ4n) is 3.32. The second-order valence-electron chi connectivity index (χ2n) is 7.35. The predicted molar refractivity (Wildman–Crippen MR) is 107 cm³/mol. The molecular formula is C20H38O5S. The van der Waals surface area contributed by atoms with Crippen LogP contribution in [-0.2, 0) is 9.47 Å². The number of thiocarbonyl (C=S) groups is 1. The van der Waals surface area contributed by atoms with Crippen LogP contribution in [0.25, 0.3) is 0 Å². The third-order valence-electron chi connectivity index (χ3n) is 5.00. The summed E-state index contributed by atoms with van der Waals surface area (Å²) in [5, 5.41) is 29.2. The molecule has 154 valence electrons. The van der Waals surface area contributed by atoms with Crippen molar-refractivity contribution in [1.29, 1.82) is 0 Å². The Labute approximate surface area is 164 Å². The lowest BCUT2D eigenvalue weighted by Gasteiger charge is -2.25. The van der Waals surface area contributed by atoms with Crippen molar-refractivity contribution in [3.8, 4) is 0 Å². The second-order valence-corrected chi connectivity index (χ2v) is 7.81. The van der Waals surface area contributed by atoms with Crippen LogP contribution in [-0.4, -0.2) is 58.0 Å². The molecule has 0 aliphatic carbocycles. The van der Waals surface area contributed by atoms with Gasteiger partial charge in [-0.3, -0.25) is 0 Å². The predicted octanol–water partition coefficient (Wildman–Crippen LogP) is 3.51. The van der Waals surface area contributed by atoms with Gasteiger partial charge in [0.25, 0.3) is 0 Å². The van der Waals surface area contributed by atoms with Gasteiger partial charge >= 0.3 is 0 Å². The molecule has 1 fully saturated rings. The summed E-state index contributed by atoms with van der Waals surface area (Å²) in [6, 6.07) is 0. The van der Waals surface area contributed by atoms with E-state index in [4.69, 9.17) is 21.7 Å². The molecule has 0 aromatic heterocycles. The Bertz CT molecular complexity index is 366. The number of aliphatic hydroxyl groups excluding tert-OH is 3. The summed E-state index contributed by atoms with van der Waals surface area (Å²) in [5.41, 5.74) is 0. The van der Waals surface area contributed by atoms with E-state index in [1.54, 1.807) is 0 Å². The highest BCUT2D eigenvalue weighted by atomic mass is 32.1. The van der Waals surface area contributed by atoms with Crippen LogP contribution < -0.4 is 0 Å². The molecule has 0 spiro atoms. The van der Waals surface area contributed by atoms with E-state index < -0.39 is 24.4 Å². The Morgan fingerprint density at radius 3 is 2.00 bits per heavy atom. The number of hydrogen-bond acceptors (Lipinski definition) is 6. The van der Waals surface area contributed by atoms with Gasteiger partial charge in [0, 0.05) is 6.42 Å². The van der Waals surface area contributed by atoms with E-state index in [-0.39, 0.29) is 13.2 Å². The van der Waals surface area contributed by atoms with Crippen LogP contribution in [0.1, 0.15) is 84.0 Å². The van der Waals surface area contributed by atoms with E-state index in [2.05, 4.69) is 6.92 Å². The van der Waals surface area contributed by atoms with Crippen LogP contribution >= 0.6 is 12.2 Å². The van der Waals surface area contributed by atoms with Gasteiger partial charge < -0.3 is 24.8 Å². The van der Waals surface area contributed by atoms with Gasteiger partial charge in [-0.05, 0) is 18.6 Å². The Balaban J connectivity index is 2.01. The SMILES string of the molecule is CCCCCCCCCCCCCC(=S)O[C@H](CO)[C@H]1OC[C@H](O)[C@H]1O. The summed E-state index contributed by atoms with van der Waals surface area (Å²) >= 11 is 5.24. The maximum absolute atomic E-state index is 9.84. The van der Waals surface area contributed by atoms with Crippen LogP contribution in [0.5, 0.6) is 0 Å². The molecule has 0 amide bonds. The van der Waals surface area contributed by atoms with E-state index in [1.807, 2.05) is 0 Å². The Morgan fingerprint density at radius 2 is 1.54 bits per heavy atom. The number of rotatable bonds is 15. The van der Waals surface area contributed by atoms with Crippen molar-refractivity contribution in [3.05, 3.63) is 0 Å². The lowest BCUT2D eigenvalue weighted by molar-refractivity contribution is -0.0621. The zero-order valence-electron chi connectivity index (χ0n) is 16.3. The molecule has 3 N–H and O–H groups in total. The highest BCUT2D eigenvalue weighted by molar-refractivity contribution is 7.80. The highest BCUT2D eigenvalue weighted by Crippen LogP contribution is 2.20. The quantitative estimate of drug-likeness (QED) is 0.293. The van der Waals surface area contributed by atoms with E-state index in [0.29, 0.717) is 11.5 Å². The smallest absolute Gasteiger partial charge is 0.160 e. The molecule has 1 heterocycles. The zero-order valence-corrected chi connectivity index (χ0v) is 17.1. The summed E-state index contributed by atoms with van der Waals surface area (Å²) in [6.07, 6.45) is 11.3. The molecule has 6 heteroatoms. The summed E-state index contributed by atoms with van der Waals surface area (Å²) in [7, 11) is 0. The normalized spacial score (nSPS) is 23.9. The summed E-state index contributed by atoms with van der Waals surface area (Å²) in [6.45, 7) is 2.00. The van der Waals surface area contributed by atoms with Gasteiger partial charge in [0.15, 0.2) is 11.2 Å². The lowest BCUT2D eigenvalue weighted by atomic mass is 10.1. The molecule has 1 saturated heterocycles.